The van der Waals surface area contributed by atoms with E-state index in [1.165, 1.54) is 7.11 Å². The molecule has 142 valence electrons. The number of unbranched alkanes of at least 4 members (excludes halogenated alkanes) is 1. The van der Waals surface area contributed by atoms with Crippen LogP contribution in [-0.2, 0) is 4.74 Å². The lowest BCUT2D eigenvalue weighted by Gasteiger charge is -2.12. The Morgan fingerprint density at radius 2 is 1.78 bits per heavy atom. The molecule has 0 unspecified atom stereocenters. The second-order valence-electron chi connectivity index (χ2n) is 5.68. The van der Waals surface area contributed by atoms with E-state index in [2.05, 4.69) is 10.6 Å². The summed E-state index contributed by atoms with van der Waals surface area (Å²) in [6.45, 7) is 2.44. The van der Waals surface area contributed by atoms with E-state index in [0.717, 1.165) is 12.8 Å². The first-order valence-electron chi connectivity index (χ1n) is 8.57. The fourth-order valence-electron chi connectivity index (χ4n) is 2.25. The van der Waals surface area contributed by atoms with Crippen LogP contribution in [0.25, 0.3) is 0 Å². The number of amides is 1. The highest BCUT2D eigenvalue weighted by molar-refractivity contribution is 7.80. The molecule has 2 aromatic carbocycles. The van der Waals surface area contributed by atoms with Crippen molar-refractivity contribution in [3.63, 3.8) is 0 Å². The van der Waals surface area contributed by atoms with Crippen molar-refractivity contribution < 1.29 is 19.1 Å². The summed E-state index contributed by atoms with van der Waals surface area (Å²) in [5.41, 5.74) is 1.49. The number of methoxy groups -OCH3 is 1. The molecule has 0 saturated carbocycles. The van der Waals surface area contributed by atoms with Crippen molar-refractivity contribution in [2.24, 2.45) is 0 Å². The fourth-order valence-corrected chi connectivity index (χ4v) is 2.46. The van der Waals surface area contributed by atoms with Gasteiger partial charge in [-0.1, -0.05) is 25.5 Å². The molecule has 0 aliphatic rings. The summed E-state index contributed by atoms with van der Waals surface area (Å²) in [5, 5.41) is 5.65. The average Bonchev–Trinajstić information content (AvgIpc) is 2.68. The molecule has 2 N–H and O–H groups in total. The lowest BCUT2D eigenvalue weighted by Crippen LogP contribution is -2.34. The van der Waals surface area contributed by atoms with Crippen LogP contribution in [0.2, 0.25) is 0 Å². The maximum absolute atomic E-state index is 12.3. The Balaban J connectivity index is 1.92. The lowest BCUT2D eigenvalue weighted by molar-refractivity contribution is 0.0499. The summed E-state index contributed by atoms with van der Waals surface area (Å²) < 4.78 is 10.3. The van der Waals surface area contributed by atoms with E-state index in [4.69, 9.17) is 21.7 Å². The molecule has 0 bridgehead atoms. The second kappa shape index (κ2) is 10.3. The predicted molar refractivity (Wildman–Crippen MR) is 108 cm³/mol. The van der Waals surface area contributed by atoms with Gasteiger partial charge in [0, 0.05) is 5.69 Å². The number of anilines is 1. The molecular weight excluding hydrogens is 364 g/mol. The molecule has 2 aromatic rings. The zero-order chi connectivity index (χ0) is 19.6. The highest BCUT2D eigenvalue weighted by atomic mass is 32.1. The standard InChI is InChI=1S/C20H22N2O4S/c1-3-4-13-26-19(24)14-9-11-15(12-10-14)21-20(27)22-18(23)16-7-5-6-8-17(16)25-2/h5-12H,3-4,13H2,1-2H3,(H2,21,22,23,27). The van der Waals surface area contributed by atoms with E-state index in [9.17, 15) is 9.59 Å². The molecule has 0 heterocycles. The van der Waals surface area contributed by atoms with Crippen LogP contribution >= 0.6 is 12.2 Å². The number of carbonyl (C=O) groups excluding carboxylic acids is 2. The Bertz CT molecular complexity index is 806. The van der Waals surface area contributed by atoms with E-state index in [1.54, 1.807) is 48.5 Å². The first kappa shape index (κ1) is 20.4. The zero-order valence-corrected chi connectivity index (χ0v) is 16.1. The SMILES string of the molecule is CCCCOC(=O)c1ccc(NC(=S)NC(=O)c2ccccc2OC)cc1. The molecule has 27 heavy (non-hydrogen) atoms. The van der Waals surface area contributed by atoms with Crippen LogP contribution in [0.1, 0.15) is 40.5 Å². The van der Waals surface area contributed by atoms with Crippen molar-refractivity contribution in [1.82, 2.24) is 5.32 Å². The maximum atomic E-state index is 12.3. The lowest BCUT2D eigenvalue weighted by atomic mass is 10.2. The summed E-state index contributed by atoms with van der Waals surface area (Å²) in [7, 11) is 1.50. The molecule has 0 atom stereocenters. The monoisotopic (exact) mass is 386 g/mol. The molecule has 2 rings (SSSR count). The third-order valence-corrected chi connectivity index (χ3v) is 3.89. The molecule has 1 amide bonds. The van der Waals surface area contributed by atoms with Crippen LogP contribution in [0.5, 0.6) is 5.75 Å². The van der Waals surface area contributed by atoms with Crippen LogP contribution in [0, 0.1) is 0 Å². The molecule has 0 saturated heterocycles. The van der Waals surface area contributed by atoms with Gasteiger partial charge in [0.25, 0.3) is 5.91 Å². The first-order chi connectivity index (χ1) is 13.0. The molecule has 0 spiro atoms. The third-order valence-electron chi connectivity index (χ3n) is 3.69. The van der Waals surface area contributed by atoms with Crippen LogP contribution in [0.15, 0.2) is 48.5 Å². The normalized spacial score (nSPS) is 10.0. The number of thiocarbonyl (C=S) groups is 1. The largest absolute Gasteiger partial charge is 0.496 e. The van der Waals surface area contributed by atoms with Gasteiger partial charge in [-0.2, -0.15) is 0 Å². The smallest absolute Gasteiger partial charge is 0.338 e. The van der Waals surface area contributed by atoms with Crippen LogP contribution in [0.3, 0.4) is 0 Å². The fraction of sp³-hybridized carbons (Fsp3) is 0.250. The maximum Gasteiger partial charge on any atom is 0.338 e. The molecular formula is C20H22N2O4S. The summed E-state index contributed by atoms with van der Waals surface area (Å²) >= 11 is 5.17. The van der Waals surface area contributed by atoms with E-state index in [1.807, 2.05) is 6.92 Å². The van der Waals surface area contributed by atoms with Crippen molar-refractivity contribution >= 4 is 34.9 Å². The van der Waals surface area contributed by atoms with E-state index in [-0.39, 0.29) is 17.0 Å². The van der Waals surface area contributed by atoms with E-state index in [0.29, 0.717) is 29.2 Å². The van der Waals surface area contributed by atoms with Gasteiger partial charge in [0.1, 0.15) is 5.75 Å². The number of rotatable bonds is 7. The Kier molecular flexibility index (Phi) is 7.76. The van der Waals surface area contributed by atoms with Gasteiger partial charge in [-0.25, -0.2) is 4.79 Å². The number of para-hydroxylation sites is 1. The van der Waals surface area contributed by atoms with Gasteiger partial charge in [0.15, 0.2) is 5.11 Å². The summed E-state index contributed by atoms with van der Waals surface area (Å²) in [5.74, 6) is -0.271. The third kappa shape index (κ3) is 6.07. The minimum absolute atomic E-state index is 0.143. The van der Waals surface area contributed by atoms with Crippen LogP contribution < -0.4 is 15.4 Å². The van der Waals surface area contributed by atoms with E-state index < -0.39 is 0 Å². The van der Waals surface area contributed by atoms with Gasteiger partial charge in [0.2, 0.25) is 0 Å². The van der Waals surface area contributed by atoms with Gasteiger partial charge in [0.05, 0.1) is 24.8 Å². The van der Waals surface area contributed by atoms with Gasteiger partial charge < -0.3 is 14.8 Å². The molecule has 0 aliphatic heterocycles. The van der Waals surface area contributed by atoms with Gasteiger partial charge in [-0.05, 0) is 55.0 Å². The number of hydrogen-bond donors (Lipinski definition) is 2. The summed E-state index contributed by atoms with van der Waals surface area (Å²) in [6, 6.07) is 13.5. The number of nitrogens with one attached hydrogen (secondary N) is 2. The minimum Gasteiger partial charge on any atom is -0.496 e. The molecule has 6 nitrogen and oxygen atoms in total. The highest BCUT2D eigenvalue weighted by Crippen LogP contribution is 2.17. The van der Waals surface area contributed by atoms with Crippen molar-refractivity contribution in [3.8, 4) is 5.75 Å². The topological polar surface area (TPSA) is 76.7 Å². The van der Waals surface area contributed by atoms with Crippen LogP contribution in [-0.4, -0.2) is 30.7 Å². The predicted octanol–water partition coefficient (Wildman–Crippen LogP) is 3.78. The number of carbonyl (C=O) groups is 2. The molecule has 0 fully saturated rings. The first-order valence-corrected chi connectivity index (χ1v) is 8.98. The van der Waals surface area contributed by atoms with Gasteiger partial charge in [-0.3, -0.25) is 10.1 Å². The Morgan fingerprint density at radius 3 is 2.44 bits per heavy atom. The van der Waals surface area contributed by atoms with Gasteiger partial charge in [-0.15, -0.1) is 0 Å². The van der Waals surface area contributed by atoms with Crippen molar-refractivity contribution in [3.05, 3.63) is 59.7 Å². The Morgan fingerprint density at radius 1 is 1.07 bits per heavy atom. The molecule has 0 aromatic heterocycles. The Labute approximate surface area is 163 Å². The Hall–Kier alpha value is -2.93. The number of benzene rings is 2. The number of hydrogen-bond acceptors (Lipinski definition) is 5. The minimum atomic E-state index is -0.374. The molecule has 0 aliphatic carbocycles. The van der Waals surface area contributed by atoms with Gasteiger partial charge >= 0.3 is 5.97 Å². The number of esters is 1. The van der Waals surface area contributed by atoms with Crippen molar-refractivity contribution in [2.45, 2.75) is 19.8 Å². The average molecular weight is 386 g/mol. The molecule has 7 heteroatoms. The van der Waals surface area contributed by atoms with E-state index >= 15 is 0 Å². The van der Waals surface area contributed by atoms with Crippen molar-refractivity contribution in [1.29, 1.82) is 0 Å². The molecule has 0 radical (unpaired) electrons. The second-order valence-corrected chi connectivity index (χ2v) is 6.08. The highest BCUT2D eigenvalue weighted by Gasteiger charge is 2.13. The van der Waals surface area contributed by atoms with Crippen LogP contribution in [0.4, 0.5) is 5.69 Å². The zero-order valence-electron chi connectivity index (χ0n) is 15.3. The van der Waals surface area contributed by atoms with Crippen molar-refractivity contribution in [2.75, 3.05) is 19.0 Å². The quantitative estimate of drug-likeness (QED) is 0.428. The number of ether oxygens (including phenoxy) is 2. The summed E-state index contributed by atoms with van der Waals surface area (Å²) in [4.78, 5) is 24.2. The summed E-state index contributed by atoms with van der Waals surface area (Å²) in [6.07, 6.45) is 1.81.